The molecule has 1 aromatic carbocycles. The van der Waals surface area contributed by atoms with Crippen molar-refractivity contribution in [3.8, 4) is 0 Å². The van der Waals surface area contributed by atoms with E-state index in [9.17, 15) is 14.8 Å². The predicted octanol–water partition coefficient (Wildman–Crippen LogP) is 0.429. The highest BCUT2D eigenvalue weighted by atomic mass is 32.2. The number of aromatic nitrogens is 4. The van der Waals surface area contributed by atoms with Gasteiger partial charge in [-0.2, -0.15) is 0 Å². The van der Waals surface area contributed by atoms with Crippen LogP contribution >= 0.6 is 19.6 Å². The molecular weight excluding hydrogens is 449 g/mol. The average Bonchev–Trinajstić information content (AvgIpc) is 3.27. The number of ether oxygens (including phenoxy) is 1. The normalized spacial score (nSPS) is 24.1. The van der Waals surface area contributed by atoms with Crippen molar-refractivity contribution in [3.05, 3.63) is 42.2 Å². The lowest BCUT2D eigenvalue weighted by atomic mass is 10.1. The van der Waals surface area contributed by atoms with Gasteiger partial charge in [0.2, 0.25) is 0 Å². The molecule has 0 unspecified atom stereocenters. The Bertz CT molecular complexity index is 1110. The second kappa shape index (κ2) is 8.81. The molecular formula is C17H20N5O7PS. The van der Waals surface area contributed by atoms with Crippen LogP contribution in [0, 0.1) is 0 Å². The Morgan fingerprint density at radius 2 is 1.94 bits per heavy atom. The molecule has 12 nitrogen and oxygen atoms in total. The fraction of sp³-hybridized carbons (Fsp3) is 0.353. The highest BCUT2D eigenvalue weighted by Gasteiger charge is 2.45. The molecule has 1 saturated heterocycles. The topological polar surface area (TPSA) is 186 Å². The van der Waals surface area contributed by atoms with Gasteiger partial charge < -0.3 is 30.5 Å². The van der Waals surface area contributed by atoms with Crippen LogP contribution in [0.15, 0.2) is 41.8 Å². The third kappa shape index (κ3) is 4.89. The summed E-state index contributed by atoms with van der Waals surface area (Å²) in [6.07, 6.45) is -3.81. The minimum atomic E-state index is -4.76. The van der Waals surface area contributed by atoms with Gasteiger partial charge in [0.05, 0.1) is 12.9 Å². The Kier molecular flexibility index (Phi) is 6.28. The number of thioether (sulfide) groups is 1. The number of fused-ring (bicyclic) bond motifs is 1. The number of nitrogens with zero attached hydrogens (tertiary/aromatic N) is 4. The highest BCUT2D eigenvalue weighted by molar-refractivity contribution is 7.98. The van der Waals surface area contributed by atoms with Crippen molar-refractivity contribution in [2.24, 2.45) is 0 Å². The van der Waals surface area contributed by atoms with Gasteiger partial charge in [0, 0.05) is 5.75 Å². The van der Waals surface area contributed by atoms with Crippen LogP contribution in [0.1, 0.15) is 11.8 Å². The minimum absolute atomic E-state index is 0.147. The molecule has 3 heterocycles. The van der Waals surface area contributed by atoms with Crippen LogP contribution in [0.5, 0.6) is 0 Å². The summed E-state index contributed by atoms with van der Waals surface area (Å²) in [4.78, 5) is 30.6. The van der Waals surface area contributed by atoms with Crippen LogP contribution in [0.4, 0.5) is 5.82 Å². The summed E-state index contributed by atoms with van der Waals surface area (Å²) in [5.74, 6) is 0.761. The van der Waals surface area contributed by atoms with Crippen molar-refractivity contribution in [3.63, 3.8) is 0 Å². The Labute approximate surface area is 180 Å². The van der Waals surface area contributed by atoms with Crippen LogP contribution in [-0.2, 0) is 19.6 Å². The molecule has 0 saturated carbocycles. The first-order chi connectivity index (χ1) is 14.7. The van der Waals surface area contributed by atoms with Crippen LogP contribution < -0.4 is 5.73 Å². The lowest BCUT2D eigenvalue weighted by Gasteiger charge is -2.17. The van der Waals surface area contributed by atoms with E-state index < -0.39 is 39.0 Å². The van der Waals surface area contributed by atoms with E-state index in [2.05, 4.69) is 19.5 Å². The van der Waals surface area contributed by atoms with Gasteiger partial charge in [0.1, 0.15) is 23.8 Å². The van der Waals surface area contributed by atoms with E-state index in [-0.39, 0.29) is 11.5 Å². The summed E-state index contributed by atoms with van der Waals surface area (Å²) >= 11 is 1.37. The van der Waals surface area contributed by atoms with Gasteiger partial charge in [-0.15, -0.1) is 0 Å². The maximum absolute atomic E-state index is 10.9. The van der Waals surface area contributed by atoms with Gasteiger partial charge in [0.15, 0.2) is 22.8 Å². The molecule has 3 aromatic rings. The molecule has 0 bridgehead atoms. The molecule has 166 valence electrons. The van der Waals surface area contributed by atoms with Gasteiger partial charge >= 0.3 is 7.82 Å². The Morgan fingerprint density at radius 1 is 1.19 bits per heavy atom. The lowest BCUT2D eigenvalue weighted by molar-refractivity contribution is -0.0504. The zero-order chi connectivity index (χ0) is 22.2. The van der Waals surface area contributed by atoms with Gasteiger partial charge in [0.25, 0.3) is 0 Å². The molecule has 4 atom stereocenters. The molecule has 6 N–H and O–H groups in total. The van der Waals surface area contributed by atoms with Gasteiger partial charge in [-0.25, -0.2) is 19.5 Å². The summed E-state index contributed by atoms with van der Waals surface area (Å²) in [6.45, 7) is -0.610. The quantitative estimate of drug-likeness (QED) is 0.183. The monoisotopic (exact) mass is 469 g/mol. The predicted molar refractivity (Wildman–Crippen MR) is 110 cm³/mol. The summed E-state index contributed by atoms with van der Waals surface area (Å²) < 4.78 is 22.3. The summed E-state index contributed by atoms with van der Waals surface area (Å²) in [5.41, 5.74) is 7.68. The highest BCUT2D eigenvalue weighted by Crippen LogP contribution is 2.39. The van der Waals surface area contributed by atoms with E-state index in [1.807, 2.05) is 30.3 Å². The Balaban J connectivity index is 1.57. The van der Waals surface area contributed by atoms with Crippen LogP contribution in [-0.4, -0.2) is 64.4 Å². The number of aliphatic hydroxyl groups is 2. The molecule has 1 aliphatic heterocycles. The fourth-order valence-electron chi connectivity index (χ4n) is 3.16. The van der Waals surface area contributed by atoms with Crippen molar-refractivity contribution in [1.82, 2.24) is 19.5 Å². The number of nitrogen functional groups attached to an aromatic ring is 1. The summed E-state index contributed by atoms with van der Waals surface area (Å²) in [5, 5.41) is 21.0. The smallest absolute Gasteiger partial charge is 0.387 e. The van der Waals surface area contributed by atoms with Crippen molar-refractivity contribution in [2.45, 2.75) is 35.4 Å². The zero-order valence-corrected chi connectivity index (χ0v) is 17.6. The van der Waals surface area contributed by atoms with Gasteiger partial charge in [-0.3, -0.25) is 9.09 Å². The first kappa shape index (κ1) is 22.1. The van der Waals surface area contributed by atoms with E-state index in [0.29, 0.717) is 16.4 Å². The SMILES string of the molecule is Nc1nc(SCc2ccccc2)nc2c1ncn2[C@@H]1O[C@H](COP(=O)(O)O)[C@@H](O)[C@H]1O. The molecule has 1 aliphatic rings. The maximum Gasteiger partial charge on any atom is 0.469 e. The molecule has 0 radical (unpaired) electrons. The molecule has 0 aliphatic carbocycles. The van der Waals surface area contributed by atoms with E-state index >= 15 is 0 Å². The number of phosphoric acid groups is 1. The number of anilines is 1. The Morgan fingerprint density at radius 3 is 2.65 bits per heavy atom. The number of hydrogen-bond donors (Lipinski definition) is 5. The molecule has 0 amide bonds. The molecule has 1 fully saturated rings. The minimum Gasteiger partial charge on any atom is -0.387 e. The van der Waals surface area contributed by atoms with Gasteiger partial charge in [-0.1, -0.05) is 42.1 Å². The van der Waals surface area contributed by atoms with E-state index in [0.717, 1.165) is 5.56 Å². The number of rotatable bonds is 7. The largest absolute Gasteiger partial charge is 0.469 e. The first-order valence-electron chi connectivity index (χ1n) is 9.11. The third-order valence-electron chi connectivity index (χ3n) is 4.66. The maximum atomic E-state index is 10.9. The van der Waals surface area contributed by atoms with Gasteiger partial charge in [-0.05, 0) is 5.56 Å². The number of hydrogen-bond acceptors (Lipinski definition) is 10. The van der Waals surface area contributed by atoms with E-state index in [1.165, 1.54) is 22.7 Å². The number of phosphoric ester groups is 1. The van der Waals surface area contributed by atoms with Crippen molar-refractivity contribution < 1.29 is 33.8 Å². The first-order valence-corrected chi connectivity index (χ1v) is 11.6. The fourth-order valence-corrected chi connectivity index (χ4v) is 4.30. The standard InChI is InChI=1S/C17H20N5O7PS/c18-14-11-15(21-17(20-14)31-7-9-4-2-1-3-5-9)22(8-19-11)16-13(24)12(23)10(29-16)6-28-30(25,26)27/h1-5,8,10,12-13,16,23-24H,6-7H2,(H2,18,20,21)(H2,25,26,27)/t10-,12-,13-,16-/m1/s1. The lowest BCUT2D eigenvalue weighted by Crippen LogP contribution is -2.33. The molecule has 0 spiro atoms. The second-order valence-corrected chi connectivity index (χ2v) is 9.00. The molecule has 4 rings (SSSR count). The molecule has 31 heavy (non-hydrogen) atoms. The zero-order valence-electron chi connectivity index (χ0n) is 15.9. The molecule has 14 heteroatoms. The third-order valence-corrected chi connectivity index (χ3v) is 6.06. The van der Waals surface area contributed by atoms with Crippen LogP contribution in [0.25, 0.3) is 11.2 Å². The van der Waals surface area contributed by atoms with Crippen LogP contribution in [0.2, 0.25) is 0 Å². The van der Waals surface area contributed by atoms with Crippen molar-refractivity contribution in [2.75, 3.05) is 12.3 Å². The average molecular weight is 469 g/mol. The van der Waals surface area contributed by atoms with E-state index in [4.69, 9.17) is 20.3 Å². The van der Waals surface area contributed by atoms with Crippen molar-refractivity contribution >= 4 is 36.6 Å². The molecule has 2 aromatic heterocycles. The summed E-state index contributed by atoms with van der Waals surface area (Å²) in [7, 11) is -4.76. The number of aliphatic hydroxyl groups excluding tert-OH is 2. The second-order valence-electron chi connectivity index (χ2n) is 6.82. The summed E-state index contributed by atoms with van der Waals surface area (Å²) in [6, 6.07) is 9.74. The van der Waals surface area contributed by atoms with Crippen molar-refractivity contribution in [1.29, 1.82) is 0 Å². The van der Waals surface area contributed by atoms with Crippen LogP contribution in [0.3, 0.4) is 0 Å². The number of nitrogens with two attached hydrogens (primary N) is 1. The van der Waals surface area contributed by atoms with E-state index in [1.54, 1.807) is 0 Å². The number of imidazole rings is 1. The number of benzene rings is 1. The Hall–Kier alpha value is -2.09.